The average Bonchev–Trinajstić information content (AvgIpc) is 3.11. The zero-order valence-electron chi connectivity index (χ0n) is 20.6. The molecule has 7 nitrogen and oxygen atoms in total. The number of aryl methyl sites for hydroxylation is 1. The minimum absolute atomic E-state index is 0.0243. The summed E-state index contributed by atoms with van der Waals surface area (Å²) < 4.78 is 0. The SMILES string of the molecule is CCC1(CC)CC2SCCC(NC(=O)CNC)C(=O)N2C1C(=O)NC1CCCc2ccccc21. The quantitative estimate of drug-likeness (QED) is 0.551. The van der Waals surface area contributed by atoms with Gasteiger partial charge in [0.05, 0.1) is 18.0 Å². The fourth-order valence-electron chi connectivity index (χ4n) is 6.08. The second-order valence-corrected chi connectivity index (χ2v) is 11.1. The van der Waals surface area contributed by atoms with Crippen molar-refractivity contribution >= 4 is 29.5 Å². The summed E-state index contributed by atoms with van der Waals surface area (Å²) in [6, 6.07) is 7.21. The smallest absolute Gasteiger partial charge is 0.246 e. The predicted octanol–water partition coefficient (Wildman–Crippen LogP) is 2.75. The molecule has 1 aromatic carbocycles. The number of thioether (sulfide) groups is 1. The molecule has 3 amide bonds. The molecular formula is C26H38N4O3S. The van der Waals surface area contributed by atoms with Crippen LogP contribution in [0.2, 0.25) is 0 Å². The van der Waals surface area contributed by atoms with Gasteiger partial charge in [-0.05, 0) is 68.9 Å². The molecule has 186 valence electrons. The zero-order chi connectivity index (χ0) is 24.3. The van der Waals surface area contributed by atoms with Gasteiger partial charge < -0.3 is 20.9 Å². The number of nitrogens with one attached hydrogen (secondary N) is 3. The Bertz CT molecular complexity index is 919. The number of fused-ring (bicyclic) bond motifs is 2. The normalized spacial score (nSPS) is 28.0. The van der Waals surface area contributed by atoms with Crippen molar-refractivity contribution in [1.29, 1.82) is 0 Å². The monoisotopic (exact) mass is 486 g/mol. The first-order valence-corrected chi connectivity index (χ1v) is 13.7. The highest BCUT2D eigenvalue weighted by Gasteiger charge is 2.57. The van der Waals surface area contributed by atoms with Gasteiger partial charge in [-0.3, -0.25) is 14.4 Å². The molecule has 0 aromatic heterocycles. The van der Waals surface area contributed by atoms with Gasteiger partial charge in [-0.15, -0.1) is 11.8 Å². The highest BCUT2D eigenvalue weighted by molar-refractivity contribution is 7.99. The molecule has 4 unspecified atom stereocenters. The van der Waals surface area contributed by atoms with Crippen molar-refractivity contribution in [3.63, 3.8) is 0 Å². The van der Waals surface area contributed by atoms with E-state index < -0.39 is 12.1 Å². The van der Waals surface area contributed by atoms with Crippen molar-refractivity contribution in [2.75, 3.05) is 19.3 Å². The van der Waals surface area contributed by atoms with Crippen LogP contribution in [0.3, 0.4) is 0 Å². The van der Waals surface area contributed by atoms with E-state index in [4.69, 9.17) is 0 Å². The topological polar surface area (TPSA) is 90.5 Å². The van der Waals surface area contributed by atoms with Crippen LogP contribution in [0, 0.1) is 5.41 Å². The molecule has 1 aliphatic carbocycles. The molecule has 2 aliphatic heterocycles. The van der Waals surface area contributed by atoms with Crippen molar-refractivity contribution in [3.05, 3.63) is 35.4 Å². The lowest BCUT2D eigenvalue weighted by molar-refractivity contribution is -0.144. The van der Waals surface area contributed by atoms with Crippen molar-refractivity contribution in [3.8, 4) is 0 Å². The highest BCUT2D eigenvalue weighted by atomic mass is 32.2. The average molecular weight is 487 g/mol. The first-order chi connectivity index (χ1) is 16.4. The molecule has 0 bridgehead atoms. The Morgan fingerprint density at radius 1 is 1.12 bits per heavy atom. The van der Waals surface area contributed by atoms with E-state index >= 15 is 0 Å². The maximum absolute atomic E-state index is 14.0. The number of carbonyl (C=O) groups excluding carboxylic acids is 3. The molecule has 0 radical (unpaired) electrons. The van der Waals surface area contributed by atoms with Crippen molar-refractivity contribution in [1.82, 2.24) is 20.9 Å². The number of amides is 3. The van der Waals surface area contributed by atoms with Crippen LogP contribution in [0.5, 0.6) is 0 Å². The van der Waals surface area contributed by atoms with E-state index in [0.29, 0.717) is 6.42 Å². The lowest BCUT2D eigenvalue weighted by atomic mass is 9.74. The molecule has 1 aromatic rings. The molecule has 0 saturated carbocycles. The first kappa shape index (κ1) is 25.0. The molecule has 0 spiro atoms. The maximum atomic E-state index is 14.0. The largest absolute Gasteiger partial charge is 0.347 e. The summed E-state index contributed by atoms with van der Waals surface area (Å²) >= 11 is 1.75. The van der Waals surface area contributed by atoms with Crippen LogP contribution >= 0.6 is 11.8 Å². The van der Waals surface area contributed by atoms with Crippen molar-refractivity contribution in [2.45, 2.75) is 82.3 Å². The van der Waals surface area contributed by atoms with Crippen LogP contribution in [0.15, 0.2) is 24.3 Å². The molecule has 4 rings (SSSR count). The van der Waals surface area contributed by atoms with Crippen LogP contribution in [-0.2, 0) is 20.8 Å². The van der Waals surface area contributed by atoms with Gasteiger partial charge in [0.25, 0.3) is 0 Å². The second-order valence-electron chi connectivity index (χ2n) is 9.84. The van der Waals surface area contributed by atoms with E-state index in [1.165, 1.54) is 11.1 Å². The van der Waals surface area contributed by atoms with Gasteiger partial charge in [0.2, 0.25) is 17.7 Å². The van der Waals surface area contributed by atoms with Gasteiger partial charge in [-0.1, -0.05) is 38.1 Å². The lowest BCUT2D eigenvalue weighted by Crippen LogP contribution is -2.58. The minimum Gasteiger partial charge on any atom is -0.347 e. The number of likely N-dealkylation sites (N-methyl/N-ethyl adjacent to an activating group) is 1. The summed E-state index contributed by atoms with van der Waals surface area (Å²) in [6.45, 7) is 4.43. The van der Waals surface area contributed by atoms with E-state index in [9.17, 15) is 14.4 Å². The molecule has 8 heteroatoms. The fraction of sp³-hybridized carbons (Fsp3) is 0.654. The van der Waals surface area contributed by atoms with Crippen LogP contribution < -0.4 is 16.0 Å². The van der Waals surface area contributed by atoms with E-state index in [-0.39, 0.29) is 41.1 Å². The standard InChI is InChI=1S/C26H38N4O3S/c1-4-26(5-2)15-22-30(25(33)20(13-14-34-22)28-21(31)16-27-3)23(26)24(32)29-19-12-8-10-17-9-6-7-11-18(17)19/h6-7,9,11,19-20,22-23,27H,4-5,8,10,12-16H2,1-3H3,(H,28,31)(H,29,32). The summed E-state index contributed by atoms with van der Waals surface area (Å²) in [6.07, 6.45) is 6.06. The van der Waals surface area contributed by atoms with E-state index in [1.54, 1.807) is 18.8 Å². The molecule has 2 saturated heterocycles. The van der Waals surface area contributed by atoms with Gasteiger partial charge in [0.1, 0.15) is 12.1 Å². The molecule has 34 heavy (non-hydrogen) atoms. The zero-order valence-corrected chi connectivity index (χ0v) is 21.4. The first-order valence-electron chi connectivity index (χ1n) is 12.7. The van der Waals surface area contributed by atoms with E-state index in [0.717, 1.165) is 44.3 Å². The highest BCUT2D eigenvalue weighted by Crippen LogP contribution is 2.50. The number of rotatable bonds is 7. The lowest BCUT2D eigenvalue weighted by Gasteiger charge is -2.38. The van der Waals surface area contributed by atoms with E-state index in [2.05, 4.69) is 48.0 Å². The summed E-state index contributed by atoms with van der Waals surface area (Å²) in [5.41, 5.74) is 2.24. The molecule has 3 N–H and O–H groups in total. The summed E-state index contributed by atoms with van der Waals surface area (Å²) in [4.78, 5) is 41.9. The number of hydrogen-bond donors (Lipinski definition) is 3. The Balaban J connectivity index is 1.62. The van der Waals surface area contributed by atoms with E-state index in [1.807, 2.05) is 11.0 Å². The van der Waals surface area contributed by atoms with Crippen LogP contribution in [-0.4, -0.2) is 59.4 Å². The van der Waals surface area contributed by atoms with Gasteiger partial charge in [0, 0.05) is 5.41 Å². The molecule has 4 atom stereocenters. The summed E-state index contributed by atoms with van der Waals surface area (Å²) in [5, 5.41) is 9.06. The number of carbonyl (C=O) groups is 3. The van der Waals surface area contributed by atoms with Crippen molar-refractivity contribution in [2.24, 2.45) is 5.41 Å². The Hall–Kier alpha value is -2.06. The molecule has 2 heterocycles. The maximum Gasteiger partial charge on any atom is 0.246 e. The van der Waals surface area contributed by atoms with Crippen molar-refractivity contribution < 1.29 is 14.4 Å². The number of benzene rings is 1. The third-order valence-electron chi connectivity index (χ3n) is 8.03. The van der Waals surface area contributed by atoms with Gasteiger partial charge in [-0.2, -0.15) is 0 Å². The predicted molar refractivity (Wildman–Crippen MR) is 135 cm³/mol. The Kier molecular flexibility index (Phi) is 7.87. The fourth-order valence-corrected chi connectivity index (χ4v) is 7.56. The van der Waals surface area contributed by atoms with Crippen LogP contribution in [0.25, 0.3) is 0 Å². The van der Waals surface area contributed by atoms with Crippen LogP contribution in [0.4, 0.5) is 0 Å². The van der Waals surface area contributed by atoms with Gasteiger partial charge >= 0.3 is 0 Å². The Morgan fingerprint density at radius 2 is 1.88 bits per heavy atom. The molecule has 2 fully saturated rings. The van der Waals surface area contributed by atoms with Crippen LogP contribution in [0.1, 0.15) is 69.5 Å². The van der Waals surface area contributed by atoms with Gasteiger partial charge in [-0.25, -0.2) is 0 Å². The molecule has 3 aliphatic rings. The second kappa shape index (κ2) is 10.7. The summed E-state index contributed by atoms with van der Waals surface area (Å²) in [7, 11) is 1.71. The molecular weight excluding hydrogens is 448 g/mol. The summed E-state index contributed by atoms with van der Waals surface area (Å²) in [5.74, 6) is 0.419. The minimum atomic E-state index is -0.589. The number of hydrogen-bond acceptors (Lipinski definition) is 5. The number of nitrogens with zero attached hydrogens (tertiary/aromatic N) is 1. The Morgan fingerprint density at radius 3 is 2.62 bits per heavy atom. The third-order valence-corrected chi connectivity index (χ3v) is 9.28. The third kappa shape index (κ3) is 4.71. The Labute approximate surface area is 207 Å². The van der Waals surface area contributed by atoms with Gasteiger partial charge in [0.15, 0.2) is 0 Å².